The second kappa shape index (κ2) is 6.55. The molecule has 0 aliphatic heterocycles. The number of hydrogen-bond donors (Lipinski definition) is 0. The van der Waals surface area contributed by atoms with E-state index in [1.807, 2.05) is 0 Å². The van der Waals surface area contributed by atoms with Gasteiger partial charge < -0.3 is 4.74 Å². The summed E-state index contributed by atoms with van der Waals surface area (Å²) in [6.07, 6.45) is -3.72. The van der Waals surface area contributed by atoms with Crippen molar-refractivity contribution in [2.45, 2.75) is 6.18 Å². The normalized spacial score (nSPS) is 11.4. The first-order valence-corrected chi connectivity index (χ1v) is 7.09. The molecule has 23 heavy (non-hydrogen) atoms. The number of hydrogen-bond acceptors (Lipinski definition) is 3. The number of rotatable bonds is 2. The average molecular weight is 385 g/mol. The maximum absolute atomic E-state index is 13.2. The first-order chi connectivity index (χ1) is 10.6. The maximum Gasteiger partial charge on any atom is 0.418 e. The Balaban J connectivity index is 2.67. The van der Waals surface area contributed by atoms with Gasteiger partial charge in [0.05, 0.1) is 27.7 Å². The quantitative estimate of drug-likeness (QED) is 0.506. The van der Waals surface area contributed by atoms with E-state index in [0.717, 1.165) is 19.4 Å². The van der Waals surface area contributed by atoms with E-state index < -0.39 is 23.4 Å². The zero-order valence-corrected chi connectivity index (χ0v) is 13.6. The summed E-state index contributed by atoms with van der Waals surface area (Å²) in [5.74, 6) is -1.19. The highest BCUT2D eigenvalue weighted by molar-refractivity contribution is 6.44. The number of esters is 1. The van der Waals surface area contributed by atoms with Crippen molar-refractivity contribution in [2.24, 2.45) is 0 Å². The highest BCUT2D eigenvalue weighted by atomic mass is 35.5. The van der Waals surface area contributed by atoms with Gasteiger partial charge in [0.1, 0.15) is 0 Å². The van der Waals surface area contributed by atoms with Crippen LogP contribution < -0.4 is 0 Å². The van der Waals surface area contributed by atoms with Crippen LogP contribution in [0.25, 0.3) is 11.1 Å². The molecule has 0 bridgehead atoms. The van der Waals surface area contributed by atoms with E-state index in [1.165, 1.54) is 12.1 Å². The Kier molecular flexibility index (Phi) is 5.08. The first kappa shape index (κ1) is 17.8. The van der Waals surface area contributed by atoms with Gasteiger partial charge in [0.15, 0.2) is 5.69 Å². The van der Waals surface area contributed by atoms with Gasteiger partial charge >= 0.3 is 12.1 Å². The third-order valence-corrected chi connectivity index (χ3v) is 3.93. The van der Waals surface area contributed by atoms with Gasteiger partial charge in [-0.25, -0.2) is 9.78 Å². The molecule has 0 saturated carbocycles. The van der Waals surface area contributed by atoms with Crippen LogP contribution in [0.2, 0.25) is 15.1 Å². The molecule has 0 atom stereocenters. The number of benzene rings is 1. The number of ether oxygens (including phenoxy) is 1. The summed E-state index contributed by atoms with van der Waals surface area (Å²) >= 11 is 17.6. The van der Waals surface area contributed by atoms with Crippen molar-refractivity contribution in [1.29, 1.82) is 0 Å². The second-order valence-electron chi connectivity index (χ2n) is 4.36. The summed E-state index contributed by atoms with van der Waals surface area (Å²) < 4.78 is 43.8. The molecule has 2 aromatic rings. The molecule has 0 amide bonds. The first-order valence-electron chi connectivity index (χ1n) is 5.95. The molecule has 0 saturated heterocycles. The Labute approximate surface area is 143 Å². The van der Waals surface area contributed by atoms with Gasteiger partial charge in [-0.15, -0.1) is 0 Å². The number of pyridine rings is 1. The molecule has 0 spiro atoms. The van der Waals surface area contributed by atoms with Gasteiger partial charge in [0, 0.05) is 17.3 Å². The molecule has 0 N–H and O–H groups in total. The number of halogens is 6. The zero-order chi connectivity index (χ0) is 17.4. The van der Waals surface area contributed by atoms with Crippen molar-refractivity contribution in [3.05, 3.63) is 50.7 Å². The molecule has 0 fully saturated rings. The number of carbonyl (C=O) groups is 1. The summed E-state index contributed by atoms with van der Waals surface area (Å²) in [5, 5.41) is 0.382. The van der Waals surface area contributed by atoms with E-state index in [9.17, 15) is 18.0 Å². The molecule has 9 heteroatoms. The Bertz CT molecular complexity index is 779. The Morgan fingerprint density at radius 3 is 2.26 bits per heavy atom. The lowest BCUT2D eigenvalue weighted by atomic mass is 10.0. The molecule has 3 nitrogen and oxygen atoms in total. The largest absolute Gasteiger partial charge is 0.464 e. The standard InChI is InChI=1S/C14H7Cl3F3NO2/c1-23-13(22)12-8(14(18,19)20)2-6(5-21-12)7-3-10(16)11(17)4-9(7)15/h2-5H,1H3. The predicted molar refractivity (Wildman–Crippen MR) is 81.0 cm³/mol. The second-order valence-corrected chi connectivity index (χ2v) is 5.58. The minimum Gasteiger partial charge on any atom is -0.464 e. The van der Waals surface area contributed by atoms with Gasteiger partial charge in [-0.1, -0.05) is 34.8 Å². The minimum absolute atomic E-state index is 0.0357. The topological polar surface area (TPSA) is 39.2 Å². The molecule has 0 radical (unpaired) electrons. The number of alkyl halides is 3. The number of nitrogens with zero attached hydrogens (tertiary/aromatic N) is 1. The van der Waals surface area contributed by atoms with Crippen molar-refractivity contribution >= 4 is 40.8 Å². The Morgan fingerprint density at radius 1 is 1.09 bits per heavy atom. The highest BCUT2D eigenvalue weighted by Gasteiger charge is 2.37. The molecule has 122 valence electrons. The van der Waals surface area contributed by atoms with E-state index in [-0.39, 0.29) is 26.2 Å². The molecule has 1 aromatic heterocycles. The fourth-order valence-electron chi connectivity index (χ4n) is 1.83. The van der Waals surface area contributed by atoms with Crippen molar-refractivity contribution < 1.29 is 22.7 Å². The van der Waals surface area contributed by atoms with Crippen LogP contribution >= 0.6 is 34.8 Å². The van der Waals surface area contributed by atoms with Crippen LogP contribution in [0.15, 0.2) is 24.4 Å². The van der Waals surface area contributed by atoms with Crippen LogP contribution in [0.1, 0.15) is 16.1 Å². The van der Waals surface area contributed by atoms with Gasteiger partial charge in [-0.2, -0.15) is 13.2 Å². The van der Waals surface area contributed by atoms with Crippen LogP contribution in [0, 0.1) is 0 Å². The maximum atomic E-state index is 13.2. The third-order valence-electron chi connectivity index (χ3n) is 2.89. The molecule has 0 aliphatic carbocycles. The lowest BCUT2D eigenvalue weighted by Crippen LogP contribution is -2.16. The lowest BCUT2D eigenvalue weighted by molar-refractivity contribution is -0.138. The SMILES string of the molecule is COC(=O)c1ncc(-c2cc(Cl)c(Cl)cc2Cl)cc1C(F)(F)F. The van der Waals surface area contributed by atoms with Crippen LogP contribution in [0.5, 0.6) is 0 Å². The van der Waals surface area contributed by atoms with Crippen molar-refractivity contribution in [3.63, 3.8) is 0 Å². The Hall–Kier alpha value is -1.50. The van der Waals surface area contributed by atoms with Crippen molar-refractivity contribution in [3.8, 4) is 11.1 Å². The van der Waals surface area contributed by atoms with Gasteiger partial charge in [-0.05, 0) is 18.2 Å². The van der Waals surface area contributed by atoms with Crippen LogP contribution in [-0.4, -0.2) is 18.1 Å². The van der Waals surface area contributed by atoms with E-state index >= 15 is 0 Å². The smallest absolute Gasteiger partial charge is 0.418 e. The summed E-state index contributed by atoms with van der Waals surface area (Å²) in [6.45, 7) is 0. The summed E-state index contributed by atoms with van der Waals surface area (Å²) in [7, 11) is 0.966. The van der Waals surface area contributed by atoms with E-state index in [0.29, 0.717) is 0 Å². The zero-order valence-electron chi connectivity index (χ0n) is 11.3. The molecular formula is C14H7Cl3F3NO2. The average Bonchev–Trinajstić information content (AvgIpc) is 2.48. The number of methoxy groups -OCH3 is 1. The van der Waals surface area contributed by atoms with E-state index in [2.05, 4.69) is 9.72 Å². The number of aromatic nitrogens is 1. The fourth-order valence-corrected chi connectivity index (χ4v) is 2.49. The van der Waals surface area contributed by atoms with Crippen LogP contribution in [0.3, 0.4) is 0 Å². The molecule has 1 heterocycles. The van der Waals surface area contributed by atoms with Crippen LogP contribution in [-0.2, 0) is 10.9 Å². The predicted octanol–water partition coefficient (Wildman–Crippen LogP) is 5.51. The van der Waals surface area contributed by atoms with E-state index in [4.69, 9.17) is 34.8 Å². The minimum atomic E-state index is -4.80. The number of carbonyl (C=O) groups excluding carboxylic acids is 1. The summed E-state index contributed by atoms with van der Waals surface area (Å²) in [6, 6.07) is 3.38. The Morgan fingerprint density at radius 2 is 1.70 bits per heavy atom. The van der Waals surface area contributed by atoms with Gasteiger partial charge in [0.2, 0.25) is 0 Å². The molecule has 1 aromatic carbocycles. The fraction of sp³-hybridized carbons (Fsp3) is 0.143. The lowest BCUT2D eigenvalue weighted by Gasteiger charge is -2.13. The van der Waals surface area contributed by atoms with Crippen molar-refractivity contribution in [2.75, 3.05) is 7.11 Å². The summed E-state index contributed by atoms with van der Waals surface area (Å²) in [4.78, 5) is 15.0. The molecule has 0 unspecified atom stereocenters. The summed E-state index contributed by atoms with van der Waals surface area (Å²) in [5.41, 5.74) is -1.83. The monoisotopic (exact) mass is 383 g/mol. The molecular weight excluding hydrogens is 378 g/mol. The molecule has 0 aliphatic rings. The molecule has 2 rings (SSSR count). The highest BCUT2D eigenvalue weighted by Crippen LogP contribution is 2.38. The van der Waals surface area contributed by atoms with Gasteiger partial charge in [-0.3, -0.25) is 0 Å². The van der Waals surface area contributed by atoms with Crippen LogP contribution in [0.4, 0.5) is 13.2 Å². The van der Waals surface area contributed by atoms with Gasteiger partial charge in [0.25, 0.3) is 0 Å². The van der Waals surface area contributed by atoms with E-state index in [1.54, 1.807) is 0 Å². The third kappa shape index (κ3) is 3.71. The van der Waals surface area contributed by atoms with Crippen molar-refractivity contribution in [1.82, 2.24) is 4.98 Å².